The van der Waals surface area contributed by atoms with E-state index in [2.05, 4.69) is 15.0 Å². The summed E-state index contributed by atoms with van der Waals surface area (Å²) in [6, 6.07) is 18.7. The number of guanidine groups is 1. The Labute approximate surface area is 173 Å². The van der Waals surface area contributed by atoms with Crippen LogP contribution in [0.4, 0.5) is 23.0 Å². The normalized spacial score (nSPS) is 11.2. The van der Waals surface area contributed by atoms with Gasteiger partial charge in [0.1, 0.15) is 0 Å². The standard InChI is InChI=1S/C20H20ClN7O/c1-27(2)18-16(21)24-15(17(22)25-18)19(29)26-20(23)28(13-9-5-3-6-10-13)14-11-7-4-8-12-14/h3-12H,1-2H3,(H2,22,25)(H2,23,26,29). The number of hydrogen-bond acceptors (Lipinski definition) is 5. The van der Waals surface area contributed by atoms with E-state index in [1.165, 1.54) is 0 Å². The lowest BCUT2D eigenvalue weighted by Crippen LogP contribution is -2.34. The highest BCUT2D eigenvalue weighted by molar-refractivity contribution is 6.32. The molecule has 1 heterocycles. The van der Waals surface area contributed by atoms with Crippen molar-refractivity contribution >= 4 is 46.5 Å². The number of nitrogens with zero attached hydrogens (tertiary/aromatic N) is 5. The molecule has 148 valence electrons. The highest BCUT2D eigenvalue weighted by Gasteiger charge is 2.20. The van der Waals surface area contributed by atoms with Crippen molar-refractivity contribution in [2.75, 3.05) is 29.6 Å². The highest BCUT2D eigenvalue weighted by Crippen LogP contribution is 2.26. The van der Waals surface area contributed by atoms with Gasteiger partial charge in [0.15, 0.2) is 22.5 Å². The summed E-state index contributed by atoms with van der Waals surface area (Å²) in [7, 11) is 3.48. The van der Waals surface area contributed by atoms with Crippen molar-refractivity contribution in [1.29, 1.82) is 0 Å². The second-order valence-electron chi connectivity index (χ2n) is 6.25. The fourth-order valence-corrected chi connectivity index (χ4v) is 2.93. The van der Waals surface area contributed by atoms with E-state index in [1.54, 1.807) is 23.9 Å². The highest BCUT2D eigenvalue weighted by atomic mass is 35.5. The second-order valence-corrected chi connectivity index (χ2v) is 6.61. The van der Waals surface area contributed by atoms with Crippen molar-refractivity contribution in [3.8, 4) is 0 Å². The summed E-state index contributed by atoms with van der Waals surface area (Å²) >= 11 is 6.12. The maximum Gasteiger partial charge on any atom is 0.302 e. The Morgan fingerprint density at radius 1 is 0.966 bits per heavy atom. The first-order chi connectivity index (χ1) is 13.9. The quantitative estimate of drug-likeness (QED) is 0.502. The Bertz CT molecular complexity index is 1000. The first-order valence-corrected chi connectivity index (χ1v) is 9.05. The number of rotatable bonds is 4. The summed E-state index contributed by atoms with van der Waals surface area (Å²) in [4.78, 5) is 28.2. The lowest BCUT2D eigenvalue weighted by Gasteiger charge is -2.23. The summed E-state index contributed by atoms with van der Waals surface area (Å²) < 4.78 is 0. The van der Waals surface area contributed by atoms with Gasteiger partial charge in [-0.2, -0.15) is 4.99 Å². The Kier molecular flexibility index (Phi) is 5.94. The van der Waals surface area contributed by atoms with Crippen LogP contribution in [0.3, 0.4) is 0 Å². The van der Waals surface area contributed by atoms with E-state index >= 15 is 0 Å². The fourth-order valence-electron chi connectivity index (χ4n) is 2.64. The molecule has 4 N–H and O–H groups in total. The van der Waals surface area contributed by atoms with Crippen LogP contribution < -0.4 is 21.3 Å². The average Bonchev–Trinajstić information content (AvgIpc) is 2.71. The summed E-state index contributed by atoms with van der Waals surface area (Å²) in [5, 5.41) is 0.0456. The zero-order valence-electron chi connectivity index (χ0n) is 16.0. The van der Waals surface area contributed by atoms with Gasteiger partial charge in [-0.25, -0.2) is 9.97 Å². The molecule has 1 amide bonds. The average molecular weight is 410 g/mol. The van der Waals surface area contributed by atoms with Crippen molar-refractivity contribution in [2.45, 2.75) is 0 Å². The molecule has 0 unspecified atom stereocenters. The van der Waals surface area contributed by atoms with Crippen molar-refractivity contribution in [3.63, 3.8) is 0 Å². The van der Waals surface area contributed by atoms with Gasteiger partial charge in [0.05, 0.1) is 0 Å². The van der Waals surface area contributed by atoms with Gasteiger partial charge in [-0.3, -0.25) is 9.69 Å². The van der Waals surface area contributed by atoms with Gasteiger partial charge in [0, 0.05) is 25.5 Å². The third-order valence-electron chi connectivity index (χ3n) is 3.96. The molecule has 0 aliphatic carbocycles. The molecule has 3 aromatic rings. The third-order valence-corrected chi connectivity index (χ3v) is 4.22. The van der Waals surface area contributed by atoms with Gasteiger partial charge >= 0.3 is 5.91 Å². The van der Waals surface area contributed by atoms with E-state index in [0.29, 0.717) is 5.82 Å². The first kappa shape index (κ1) is 20.1. The van der Waals surface area contributed by atoms with E-state index in [1.807, 2.05) is 60.7 Å². The lowest BCUT2D eigenvalue weighted by molar-refractivity contribution is 0.0998. The smallest absolute Gasteiger partial charge is 0.302 e. The molecule has 0 aliphatic rings. The number of para-hydroxylation sites is 2. The molecule has 1 aromatic heterocycles. The number of carbonyl (C=O) groups is 1. The summed E-state index contributed by atoms with van der Waals surface area (Å²) in [6.45, 7) is 0. The zero-order chi connectivity index (χ0) is 21.0. The number of aliphatic imine (C=N–C) groups is 1. The van der Waals surface area contributed by atoms with Gasteiger partial charge in [-0.15, -0.1) is 0 Å². The monoisotopic (exact) mass is 409 g/mol. The molecule has 2 aromatic carbocycles. The predicted octanol–water partition coefficient (Wildman–Crippen LogP) is 3.07. The summed E-state index contributed by atoms with van der Waals surface area (Å²) in [6.07, 6.45) is 0. The molecule has 0 fully saturated rings. The second kappa shape index (κ2) is 8.57. The molecule has 0 bridgehead atoms. The van der Waals surface area contributed by atoms with Gasteiger partial charge in [-0.1, -0.05) is 48.0 Å². The SMILES string of the molecule is CN(C)c1nc(N)c(C(=O)N=C(N)N(c2ccccc2)c2ccccc2)nc1Cl. The van der Waals surface area contributed by atoms with Crippen LogP contribution in [-0.4, -0.2) is 35.9 Å². The minimum absolute atomic E-state index is 0.0404. The van der Waals surface area contributed by atoms with Crippen molar-refractivity contribution in [1.82, 2.24) is 9.97 Å². The van der Waals surface area contributed by atoms with E-state index in [9.17, 15) is 4.79 Å². The molecule has 29 heavy (non-hydrogen) atoms. The molecule has 0 saturated heterocycles. The van der Waals surface area contributed by atoms with Crippen LogP contribution in [0.25, 0.3) is 0 Å². The summed E-state index contributed by atoms with van der Waals surface area (Å²) in [5.74, 6) is -0.503. The van der Waals surface area contributed by atoms with Gasteiger partial charge in [0.2, 0.25) is 5.96 Å². The van der Waals surface area contributed by atoms with Gasteiger partial charge in [0.25, 0.3) is 0 Å². The molecule has 3 rings (SSSR count). The van der Waals surface area contributed by atoms with Crippen LogP contribution in [0.5, 0.6) is 0 Å². The van der Waals surface area contributed by atoms with E-state index in [-0.39, 0.29) is 22.6 Å². The Morgan fingerprint density at radius 3 is 1.97 bits per heavy atom. The number of aromatic nitrogens is 2. The van der Waals surface area contributed by atoms with Crippen molar-refractivity contribution in [3.05, 3.63) is 71.5 Å². The van der Waals surface area contributed by atoms with E-state index in [0.717, 1.165) is 11.4 Å². The minimum Gasteiger partial charge on any atom is -0.382 e. The number of halogens is 1. The number of nitrogens with two attached hydrogens (primary N) is 2. The minimum atomic E-state index is -0.739. The lowest BCUT2D eigenvalue weighted by atomic mass is 10.2. The van der Waals surface area contributed by atoms with Crippen molar-refractivity contribution < 1.29 is 4.79 Å². The molecular weight excluding hydrogens is 390 g/mol. The van der Waals surface area contributed by atoms with Crippen LogP contribution in [0.2, 0.25) is 5.15 Å². The van der Waals surface area contributed by atoms with Crippen LogP contribution in [0.15, 0.2) is 65.7 Å². The first-order valence-electron chi connectivity index (χ1n) is 8.67. The fraction of sp³-hybridized carbons (Fsp3) is 0.100. The molecular formula is C20H20ClN7O. The largest absolute Gasteiger partial charge is 0.382 e. The number of hydrogen-bond donors (Lipinski definition) is 2. The van der Waals surface area contributed by atoms with E-state index < -0.39 is 5.91 Å². The number of anilines is 4. The number of carbonyl (C=O) groups excluding carboxylic acids is 1. The molecule has 0 saturated carbocycles. The van der Waals surface area contributed by atoms with Gasteiger partial charge in [-0.05, 0) is 24.3 Å². The number of benzene rings is 2. The Morgan fingerprint density at radius 2 is 1.48 bits per heavy atom. The predicted molar refractivity (Wildman–Crippen MR) is 117 cm³/mol. The van der Waals surface area contributed by atoms with Gasteiger partial charge < -0.3 is 16.4 Å². The number of nitrogen functional groups attached to an aromatic ring is 1. The van der Waals surface area contributed by atoms with Crippen LogP contribution in [-0.2, 0) is 0 Å². The van der Waals surface area contributed by atoms with E-state index in [4.69, 9.17) is 23.1 Å². The topological polar surface area (TPSA) is 114 Å². The molecule has 0 aliphatic heterocycles. The van der Waals surface area contributed by atoms with Crippen LogP contribution >= 0.6 is 11.6 Å². The molecule has 0 spiro atoms. The molecule has 9 heteroatoms. The maximum atomic E-state index is 12.7. The summed E-state index contributed by atoms with van der Waals surface area (Å²) in [5.41, 5.74) is 13.4. The Balaban J connectivity index is 2.01. The Hall–Kier alpha value is -3.65. The zero-order valence-corrected chi connectivity index (χ0v) is 16.7. The molecule has 0 atom stereocenters. The van der Waals surface area contributed by atoms with Crippen LogP contribution in [0, 0.1) is 0 Å². The molecule has 8 nitrogen and oxygen atoms in total. The molecule has 0 radical (unpaired) electrons. The van der Waals surface area contributed by atoms with Crippen molar-refractivity contribution in [2.24, 2.45) is 10.7 Å². The number of amides is 1. The van der Waals surface area contributed by atoms with Crippen LogP contribution in [0.1, 0.15) is 10.5 Å². The third kappa shape index (κ3) is 4.44. The maximum absolute atomic E-state index is 12.7.